The molecule has 5 nitrogen and oxygen atoms in total. The van der Waals surface area contributed by atoms with E-state index in [1.54, 1.807) is 32.1 Å². The first-order valence-electron chi connectivity index (χ1n) is 7.77. The van der Waals surface area contributed by atoms with Crippen LogP contribution in [0.25, 0.3) is 11.6 Å². The molecule has 0 atom stereocenters. The van der Waals surface area contributed by atoms with Gasteiger partial charge in [0.05, 0.1) is 12.7 Å². The van der Waals surface area contributed by atoms with Crippen LogP contribution in [0.15, 0.2) is 41.7 Å². The predicted octanol–water partition coefficient (Wildman–Crippen LogP) is 4.04. The van der Waals surface area contributed by atoms with Gasteiger partial charge in [-0.1, -0.05) is 26.0 Å². The van der Waals surface area contributed by atoms with E-state index in [0.29, 0.717) is 16.7 Å². The summed E-state index contributed by atoms with van der Waals surface area (Å²) in [6.07, 6.45) is 4.30. The monoisotopic (exact) mass is 400 g/mol. The Morgan fingerprint density at radius 2 is 1.81 bits per heavy atom. The molecule has 1 aromatic carbocycles. The van der Waals surface area contributed by atoms with Gasteiger partial charge in [-0.3, -0.25) is 0 Å². The number of allylic oxidation sites excluding steroid dienone is 4. The van der Waals surface area contributed by atoms with Gasteiger partial charge in [-0.05, 0) is 41.0 Å². The van der Waals surface area contributed by atoms with Gasteiger partial charge in [0, 0.05) is 11.0 Å². The van der Waals surface area contributed by atoms with Crippen LogP contribution in [0.2, 0.25) is 0 Å². The molecule has 2 aliphatic rings. The maximum atomic E-state index is 12.7. The number of methoxy groups -OCH3 is 1. The van der Waals surface area contributed by atoms with Crippen molar-refractivity contribution in [3.63, 3.8) is 0 Å². The fourth-order valence-electron chi connectivity index (χ4n) is 3.16. The van der Waals surface area contributed by atoms with Crippen molar-refractivity contribution >= 4 is 27.7 Å². The summed E-state index contributed by atoms with van der Waals surface area (Å²) in [7, 11) is -4.59. The standard InChI is InChI=1S/C18H15F3O5S/c1-17(2)9-11(26-27(23,24)18(19,20)21)8-13-14(17)7-10-5-4-6-12(15(10)13)16(22)25-3/h4-9H,1-3H3. The van der Waals surface area contributed by atoms with E-state index in [1.165, 1.54) is 25.3 Å². The molecule has 0 saturated heterocycles. The second-order valence-electron chi connectivity index (χ2n) is 6.63. The molecule has 27 heavy (non-hydrogen) atoms. The molecule has 0 heterocycles. The number of rotatable bonds is 3. The van der Waals surface area contributed by atoms with Gasteiger partial charge in [-0.15, -0.1) is 0 Å². The Balaban J connectivity index is 2.14. The number of hydrogen-bond donors (Lipinski definition) is 0. The van der Waals surface area contributed by atoms with Crippen molar-refractivity contribution < 1.29 is 35.3 Å². The van der Waals surface area contributed by atoms with Gasteiger partial charge in [0.15, 0.2) is 0 Å². The van der Waals surface area contributed by atoms with Gasteiger partial charge in [0.2, 0.25) is 0 Å². The average molecular weight is 400 g/mol. The van der Waals surface area contributed by atoms with Crippen molar-refractivity contribution in [1.82, 2.24) is 0 Å². The van der Waals surface area contributed by atoms with E-state index in [9.17, 15) is 26.4 Å². The minimum Gasteiger partial charge on any atom is -0.465 e. The highest BCUT2D eigenvalue weighted by atomic mass is 32.2. The van der Waals surface area contributed by atoms with E-state index in [1.807, 2.05) is 0 Å². The molecule has 2 aliphatic carbocycles. The normalized spacial score (nSPS) is 17.9. The molecule has 3 rings (SSSR count). The van der Waals surface area contributed by atoms with E-state index in [2.05, 4.69) is 4.18 Å². The Morgan fingerprint density at radius 1 is 1.15 bits per heavy atom. The summed E-state index contributed by atoms with van der Waals surface area (Å²) in [6.45, 7) is 3.41. The Hall–Kier alpha value is -2.55. The van der Waals surface area contributed by atoms with Crippen molar-refractivity contribution in [2.45, 2.75) is 19.4 Å². The van der Waals surface area contributed by atoms with E-state index < -0.39 is 32.8 Å². The van der Waals surface area contributed by atoms with Crippen molar-refractivity contribution in [3.8, 4) is 0 Å². The molecule has 0 saturated carbocycles. The first-order valence-corrected chi connectivity index (χ1v) is 9.18. The maximum Gasteiger partial charge on any atom is 0.534 e. The highest BCUT2D eigenvalue weighted by Gasteiger charge is 2.49. The zero-order chi connectivity index (χ0) is 20.2. The molecule has 144 valence electrons. The number of benzene rings is 1. The lowest BCUT2D eigenvalue weighted by Gasteiger charge is -2.29. The van der Waals surface area contributed by atoms with Crippen LogP contribution in [-0.2, 0) is 19.0 Å². The lowest BCUT2D eigenvalue weighted by Crippen LogP contribution is -2.26. The van der Waals surface area contributed by atoms with Gasteiger partial charge in [-0.25, -0.2) is 4.79 Å². The number of alkyl halides is 3. The van der Waals surface area contributed by atoms with Crippen LogP contribution in [0, 0.1) is 5.41 Å². The molecule has 1 aromatic rings. The van der Waals surface area contributed by atoms with Crippen molar-refractivity contribution in [2.75, 3.05) is 7.11 Å². The first kappa shape index (κ1) is 19.2. The maximum absolute atomic E-state index is 12.7. The van der Waals surface area contributed by atoms with Gasteiger partial charge in [0.1, 0.15) is 5.76 Å². The highest BCUT2D eigenvalue weighted by molar-refractivity contribution is 7.87. The number of hydrogen-bond acceptors (Lipinski definition) is 5. The third-order valence-electron chi connectivity index (χ3n) is 4.33. The minimum absolute atomic E-state index is 0.225. The topological polar surface area (TPSA) is 69.7 Å². The number of carbonyl (C=O) groups excluding carboxylic acids is 1. The molecule has 0 bridgehead atoms. The molecule has 0 aliphatic heterocycles. The lowest BCUT2D eigenvalue weighted by atomic mass is 9.76. The largest absolute Gasteiger partial charge is 0.534 e. The summed E-state index contributed by atoms with van der Waals surface area (Å²) in [5, 5.41) is 0. The number of carbonyl (C=O) groups is 1. The van der Waals surface area contributed by atoms with Crippen LogP contribution >= 0.6 is 0 Å². The first-order chi connectivity index (χ1) is 12.4. The van der Waals surface area contributed by atoms with Gasteiger partial charge < -0.3 is 8.92 Å². The summed E-state index contributed by atoms with van der Waals surface area (Å²) < 4.78 is 69.9. The Labute approximate surface area is 153 Å². The van der Waals surface area contributed by atoms with Crippen molar-refractivity contribution in [1.29, 1.82) is 0 Å². The lowest BCUT2D eigenvalue weighted by molar-refractivity contribution is -0.0520. The minimum atomic E-state index is -5.81. The molecule has 0 spiro atoms. The summed E-state index contributed by atoms with van der Waals surface area (Å²) in [5.41, 5.74) is -3.85. The molecule has 0 amide bonds. The van der Waals surface area contributed by atoms with Crippen LogP contribution in [0.5, 0.6) is 0 Å². The highest BCUT2D eigenvalue weighted by Crippen LogP contribution is 2.50. The van der Waals surface area contributed by atoms with Gasteiger partial charge in [0.25, 0.3) is 0 Å². The number of esters is 1. The molecular formula is C18H15F3O5S. The Morgan fingerprint density at radius 3 is 2.41 bits per heavy atom. The fraction of sp³-hybridized carbons (Fsp3) is 0.278. The SMILES string of the molecule is COC(=O)c1cccc2c1C1=CC(OS(=O)(=O)C(F)(F)F)=CC(C)(C)C1=C2. The second-order valence-corrected chi connectivity index (χ2v) is 8.17. The third-order valence-corrected chi connectivity index (χ3v) is 5.31. The zero-order valence-corrected chi connectivity index (χ0v) is 15.4. The van der Waals surface area contributed by atoms with Gasteiger partial charge >= 0.3 is 21.6 Å². The number of halogens is 3. The van der Waals surface area contributed by atoms with Crippen molar-refractivity contribution in [2.24, 2.45) is 5.41 Å². The molecule has 0 fully saturated rings. The van der Waals surface area contributed by atoms with E-state index in [-0.39, 0.29) is 5.56 Å². The van der Waals surface area contributed by atoms with Gasteiger partial charge in [-0.2, -0.15) is 21.6 Å². The van der Waals surface area contributed by atoms with Crippen LogP contribution in [0.4, 0.5) is 13.2 Å². The molecule has 0 aromatic heterocycles. The average Bonchev–Trinajstić information content (AvgIpc) is 2.92. The van der Waals surface area contributed by atoms with Crippen LogP contribution in [-0.4, -0.2) is 27.0 Å². The second kappa shape index (κ2) is 5.98. The van der Waals surface area contributed by atoms with Crippen LogP contribution in [0.1, 0.15) is 35.3 Å². The molecule has 0 radical (unpaired) electrons. The van der Waals surface area contributed by atoms with Crippen molar-refractivity contribution in [3.05, 3.63) is 58.4 Å². The van der Waals surface area contributed by atoms with E-state index in [4.69, 9.17) is 4.74 Å². The van der Waals surface area contributed by atoms with E-state index in [0.717, 1.165) is 5.57 Å². The quantitative estimate of drug-likeness (QED) is 0.435. The molecule has 9 heteroatoms. The molecule has 0 unspecified atom stereocenters. The predicted molar refractivity (Wildman–Crippen MR) is 91.7 cm³/mol. The smallest absolute Gasteiger partial charge is 0.465 e. The van der Waals surface area contributed by atoms with Crippen LogP contribution < -0.4 is 0 Å². The summed E-state index contributed by atoms with van der Waals surface area (Å²) in [5.74, 6) is -1.07. The van der Waals surface area contributed by atoms with E-state index >= 15 is 0 Å². The Bertz CT molecular complexity index is 1030. The molecular weight excluding hydrogens is 385 g/mol. The fourth-order valence-corrected chi connectivity index (χ4v) is 3.61. The Kier molecular flexibility index (Phi) is 4.26. The number of fused-ring (bicyclic) bond motifs is 3. The third kappa shape index (κ3) is 3.16. The van der Waals surface area contributed by atoms with Crippen LogP contribution in [0.3, 0.4) is 0 Å². The zero-order valence-electron chi connectivity index (χ0n) is 14.5. The number of ether oxygens (including phenoxy) is 1. The summed E-state index contributed by atoms with van der Waals surface area (Å²) in [6, 6.07) is 4.93. The summed E-state index contributed by atoms with van der Waals surface area (Å²) >= 11 is 0. The summed E-state index contributed by atoms with van der Waals surface area (Å²) in [4.78, 5) is 12.1. The molecule has 0 N–H and O–H groups in total.